The Kier molecular flexibility index (Phi) is 12.5. The van der Waals surface area contributed by atoms with Crippen LogP contribution in [0.3, 0.4) is 0 Å². The maximum atomic E-state index is 14.2. The predicted molar refractivity (Wildman–Crippen MR) is 219 cm³/mol. The summed E-state index contributed by atoms with van der Waals surface area (Å²) in [6.07, 6.45) is -2.46. The summed E-state index contributed by atoms with van der Waals surface area (Å²) in [5.41, 5.74) is 17.4. The predicted octanol–water partition coefficient (Wildman–Crippen LogP) is 7.87. The van der Waals surface area contributed by atoms with Crippen LogP contribution in [0.1, 0.15) is 33.4 Å². The molecule has 3 amide bonds. The Hall–Kier alpha value is -5.77. The zero-order valence-electron chi connectivity index (χ0n) is 29.5. The molecular formula is C45H41N3O4S2. The molecule has 2 unspecified atom stereocenters. The van der Waals surface area contributed by atoms with Crippen LogP contribution in [0.4, 0.5) is 4.79 Å². The van der Waals surface area contributed by atoms with E-state index < -0.39 is 39.5 Å². The number of nitrogens with two attached hydrogens (primary N) is 2. The number of hydrogen-bond acceptors (Lipinski definition) is 6. The van der Waals surface area contributed by atoms with Gasteiger partial charge in [-0.1, -0.05) is 182 Å². The fraction of sp³-hybridized carbons (Fsp3) is 0.133. The number of ether oxygens (including phenoxy) is 1. The molecule has 0 spiro atoms. The third-order valence-corrected chi connectivity index (χ3v) is 12.5. The summed E-state index contributed by atoms with van der Waals surface area (Å²) in [6.45, 7) is 0. The molecule has 6 aromatic rings. The lowest BCUT2D eigenvalue weighted by Crippen LogP contribution is -2.52. The van der Waals surface area contributed by atoms with Crippen LogP contribution in [-0.4, -0.2) is 41.6 Å². The molecule has 0 aliphatic carbocycles. The summed E-state index contributed by atoms with van der Waals surface area (Å²) in [4.78, 5) is 39.6. The number of nitrogens with one attached hydrogen (secondary N) is 1. The van der Waals surface area contributed by atoms with E-state index in [9.17, 15) is 14.4 Å². The van der Waals surface area contributed by atoms with Crippen molar-refractivity contribution in [3.05, 3.63) is 215 Å². The Labute approximate surface area is 324 Å². The first-order valence-corrected chi connectivity index (χ1v) is 19.5. The number of thioether (sulfide) groups is 2. The minimum absolute atomic E-state index is 0.00800. The molecule has 0 fully saturated rings. The van der Waals surface area contributed by atoms with Gasteiger partial charge in [0.05, 0.1) is 9.49 Å². The van der Waals surface area contributed by atoms with E-state index in [1.807, 2.05) is 146 Å². The Morgan fingerprint density at radius 3 is 1.02 bits per heavy atom. The van der Waals surface area contributed by atoms with Crippen LogP contribution in [-0.2, 0) is 23.8 Å². The highest BCUT2D eigenvalue weighted by molar-refractivity contribution is 8.01. The van der Waals surface area contributed by atoms with Crippen molar-refractivity contribution in [1.29, 1.82) is 0 Å². The molecule has 0 saturated carbocycles. The van der Waals surface area contributed by atoms with Gasteiger partial charge in [0, 0.05) is 11.5 Å². The lowest BCUT2D eigenvalue weighted by atomic mass is 9.84. The van der Waals surface area contributed by atoms with Gasteiger partial charge in [-0.15, -0.1) is 23.5 Å². The first kappa shape index (κ1) is 38.0. The van der Waals surface area contributed by atoms with Crippen molar-refractivity contribution in [2.24, 2.45) is 11.5 Å². The largest absolute Gasteiger partial charge is 0.435 e. The molecule has 0 aromatic heterocycles. The van der Waals surface area contributed by atoms with E-state index in [1.165, 1.54) is 23.5 Å². The summed E-state index contributed by atoms with van der Waals surface area (Å²) in [7, 11) is 0. The van der Waals surface area contributed by atoms with Gasteiger partial charge in [-0.3, -0.25) is 9.59 Å². The highest BCUT2D eigenvalue weighted by Crippen LogP contribution is 2.50. The normalized spacial score (nSPS) is 12.6. The minimum Gasteiger partial charge on any atom is -0.435 e. The van der Waals surface area contributed by atoms with Crippen LogP contribution in [0.2, 0.25) is 0 Å². The van der Waals surface area contributed by atoms with Crippen LogP contribution in [0, 0.1) is 0 Å². The molecule has 6 rings (SSSR count). The zero-order chi connectivity index (χ0) is 37.8. The fourth-order valence-electron chi connectivity index (χ4n) is 6.71. The van der Waals surface area contributed by atoms with Crippen LogP contribution in [0.15, 0.2) is 182 Å². The van der Waals surface area contributed by atoms with E-state index in [1.54, 1.807) is 0 Å². The van der Waals surface area contributed by atoms with Crippen LogP contribution in [0.5, 0.6) is 0 Å². The summed E-state index contributed by atoms with van der Waals surface area (Å²) in [5.74, 6) is -1.29. The van der Waals surface area contributed by atoms with Crippen LogP contribution in [0.25, 0.3) is 0 Å². The highest BCUT2D eigenvalue weighted by atomic mass is 32.2. The summed E-state index contributed by atoms with van der Waals surface area (Å²) >= 11 is 2.93. The first-order chi connectivity index (χ1) is 26.3. The zero-order valence-corrected chi connectivity index (χ0v) is 31.1. The molecule has 7 nitrogen and oxygen atoms in total. The van der Waals surface area contributed by atoms with E-state index >= 15 is 0 Å². The van der Waals surface area contributed by atoms with Gasteiger partial charge in [-0.2, -0.15) is 0 Å². The molecule has 0 aliphatic heterocycles. The van der Waals surface area contributed by atoms with Crippen molar-refractivity contribution in [3.63, 3.8) is 0 Å². The molecule has 272 valence electrons. The van der Waals surface area contributed by atoms with Gasteiger partial charge >= 0.3 is 6.09 Å². The fourth-order valence-corrected chi connectivity index (χ4v) is 9.81. The Bertz CT molecular complexity index is 1910. The van der Waals surface area contributed by atoms with Gasteiger partial charge in [0.25, 0.3) is 5.91 Å². The van der Waals surface area contributed by atoms with Crippen molar-refractivity contribution in [1.82, 2.24) is 5.32 Å². The van der Waals surface area contributed by atoms with Crippen LogP contribution >= 0.6 is 23.5 Å². The van der Waals surface area contributed by atoms with Crippen molar-refractivity contribution in [2.75, 3.05) is 11.5 Å². The van der Waals surface area contributed by atoms with Crippen molar-refractivity contribution in [3.8, 4) is 0 Å². The van der Waals surface area contributed by atoms with Crippen molar-refractivity contribution in [2.45, 2.75) is 21.6 Å². The maximum absolute atomic E-state index is 14.2. The van der Waals surface area contributed by atoms with Crippen LogP contribution < -0.4 is 16.8 Å². The Morgan fingerprint density at radius 1 is 0.481 bits per heavy atom. The van der Waals surface area contributed by atoms with E-state index in [0.29, 0.717) is 0 Å². The molecule has 0 aliphatic rings. The third-order valence-electron chi connectivity index (χ3n) is 9.21. The molecule has 0 bridgehead atoms. The number of amides is 3. The van der Waals surface area contributed by atoms with Gasteiger partial charge in [0.2, 0.25) is 5.91 Å². The summed E-state index contributed by atoms with van der Waals surface area (Å²) in [5, 5.41) is 2.82. The topological polar surface area (TPSA) is 125 Å². The maximum Gasteiger partial charge on any atom is 0.405 e. The molecular weight excluding hydrogens is 711 g/mol. The lowest BCUT2D eigenvalue weighted by Gasteiger charge is -2.37. The molecule has 0 heterocycles. The molecule has 9 heteroatoms. The highest BCUT2D eigenvalue weighted by Gasteiger charge is 2.41. The number of carbonyl (C=O) groups is 3. The quantitative estimate of drug-likeness (QED) is 0.0866. The number of benzene rings is 6. The van der Waals surface area contributed by atoms with Gasteiger partial charge in [-0.05, 0) is 33.4 Å². The van der Waals surface area contributed by atoms with Gasteiger partial charge in [-0.25, -0.2) is 4.79 Å². The lowest BCUT2D eigenvalue weighted by molar-refractivity contribution is -0.131. The second-order valence-electron chi connectivity index (χ2n) is 12.6. The van der Waals surface area contributed by atoms with Crippen molar-refractivity contribution < 1.29 is 19.1 Å². The van der Waals surface area contributed by atoms with E-state index in [4.69, 9.17) is 16.2 Å². The standard InChI is InChI=1S/C45H41N3O4S2/c46-41(49)39(31-53-44(33-19-7-1-8-20-33,34-21-9-2-10-22-34)35-23-11-3-12-24-35)48-42(50)40(52-43(47)51)32-54-45(36-25-13-4-14-26-36,37-27-15-5-16-28-37)38-29-17-6-18-30-38/h1-30,39-40H,31-32H2,(H2,46,49)(H2,47,51)(H,48,50). The molecule has 5 N–H and O–H groups in total. The van der Waals surface area contributed by atoms with E-state index in [2.05, 4.69) is 41.7 Å². The SMILES string of the molecule is NC(=O)OC(CSC(c1ccccc1)(c1ccccc1)c1ccccc1)C(=O)NC(CSC(c1ccccc1)(c1ccccc1)c1ccccc1)C(N)=O. The average Bonchev–Trinajstić information content (AvgIpc) is 3.22. The second-order valence-corrected chi connectivity index (χ2v) is 15.0. The Morgan fingerprint density at radius 2 is 0.759 bits per heavy atom. The van der Waals surface area contributed by atoms with Gasteiger partial charge in [0.1, 0.15) is 6.04 Å². The summed E-state index contributed by atoms with van der Waals surface area (Å²) in [6, 6.07) is 58.8. The molecule has 0 radical (unpaired) electrons. The first-order valence-electron chi connectivity index (χ1n) is 17.5. The number of rotatable bonds is 16. The Balaban J connectivity index is 1.32. The monoisotopic (exact) mass is 751 g/mol. The molecule has 6 aromatic carbocycles. The molecule has 2 atom stereocenters. The smallest absolute Gasteiger partial charge is 0.405 e. The minimum atomic E-state index is -1.35. The average molecular weight is 752 g/mol. The van der Waals surface area contributed by atoms with Crippen molar-refractivity contribution >= 4 is 41.4 Å². The molecule has 54 heavy (non-hydrogen) atoms. The van der Waals surface area contributed by atoms with E-state index in [0.717, 1.165) is 33.4 Å². The van der Waals surface area contributed by atoms with Gasteiger partial charge < -0.3 is 21.5 Å². The number of hydrogen-bond donors (Lipinski definition) is 3. The van der Waals surface area contributed by atoms with E-state index in [-0.39, 0.29) is 11.5 Å². The molecule has 0 saturated heterocycles. The third kappa shape index (κ3) is 8.38. The second kappa shape index (κ2) is 17.8. The van der Waals surface area contributed by atoms with Gasteiger partial charge in [0.15, 0.2) is 6.10 Å². The number of carbonyl (C=O) groups excluding carboxylic acids is 3. The number of primary amides is 2. The summed E-state index contributed by atoms with van der Waals surface area (Å²) < 4.78 is 3.93.